The number of hydrogen-bond donors (Lipinski definition) is 1. The van der Waals surface area contributed by atoms with Gasteiger partial charge < -0.3 is 9.64 Å². The number of carbonyl (C=O) groups is 1. The van der Waals surface area contributed by atoms with Crippen molar-refractivity contribution in [3.63, 3.8) is 0 Å². The standard InChI is InChI=1S/C21H20N4O4/c1-3-12-24-20(14-4-8-15(9-5-14)25(27)28)17-18(22-23-19(17)21(24)26)13-6-10-16(29-2)11-7-13/h4-11,20H,3,12H2,1-2H3,(H,22,23). The Kier molecular flexibility index (Phi) is 4.75. The molecule has 0 bridgehead atoms. The molecule has 0 saturated carbocycles. The number of non-ortho nitro benzene ring substituents is 1. The van der Waals surface area contributed by atoms with Crippen molar-refractivity contribution >= 4 is 11.6 Å². The first-order valence-corrected chi connectivity index (χ1v) is 9.33. The summed E-state index contributed by atoms with van der Waals surface area (Å²) in [6, 6.07) is 13.5. The monoisotopic (exact) mass is 392 g/mol. The number of hydrogen-bond acceptors (Lipinski definition) is 5. The number of nitro benzene ring substituents is 1. The Balaban J connectivity index is 1.83. The second kappa shape index (κ2) is 7.38. The zero-order chi connectivity index (χ0) is 20.5. The second-order valence-electron chi connectivity index (χ2n) is 6.84. The maximum Gasteiger partial charge on any atom is 0.273 e. The second-order valence-corrected chi connectivity index (χ2v) is 6.84. The molecule has 0 saturated heterocycles. The van der Waals surface area contributed by atoms with E-state index in [9.17, 15) is 14.9 Å². The van der Waals surface area contributed by atoms with Crippen molar-refractivity contribution in [2.75, 3.05) is 13.7 Å². The lowest BCUT2D eigenvalue weighted by molar-refractivity contribution is -0.384. The molecule has 2 heterocycles. The number of aromatic amines is 1. The van der Waals surface area contributed by atoms with Crippen LogP contribution in [0.15, 0.2) is 48.5 Å². The van der Waals surface area contributed by atoms with Crippen molar-refractivity contribution in [2.45, 2.75) is 19.4 Å². The number of carbonyl (C=O) groups excluding carboxylic acids is 1. The summed E-state index contributed by atoms with van der Waals surface area (Å²) in [4.78, 5) is 25.4. The summed E-state index contributed by atoms with van der Waals surface area (Å²) in [5, 5.41) is 18.3. The molecule has 0 aliphatic carbocycles. The van der Waals surface area contributed by atoms with Crippen molar-refractivity contribution in [3.8, 4) is 17.0 Å². The van der Waals surface area contributed by atoms with Crippen LogP contribution in [0.3, 0.4) is 0 Å². The molecule has 8 heteroatoms. The van der Waals surface area contributed by atoms with Crippen molar-refractivity contribution in [2.24, 2.45) is 0 Å². The Bertz CT molecular complexity index is 1060. The Morgan fingerprint density at radius 3 is 2.45 bits per heavy atom. The maximum atomic E-state index is 13.0. The third kappa shape index (κ3) is 3.12. The quantitative estimate of drug-likeness (QED) is 0.506. The number of rotatable bonds is 6. The fourth-order valence-corrected chi connectivity index (χ4v) is 3.76. The zero-order valence-corrected chi connectivity index (χ0v) is 16.1. The molecule has 3 aromatic rings. The Morgan fingerprint density at radius 2 is 1.86 bits per heavy atom. The molecule has 1 aliphatic rings. The summed E-state index contributed by atoms with van der Waals surface area (Å²) < 4.78 is 5.22. The third-order valence-electron chi connectivity index (χ3n) is 5.11. The first-order chi connectivity index (χ1) is 14.0. The molecule has 0 spiro atoms. The molecule has 4 rings (SSSR count). The molecule has 1 N–H and O–H groups in total. The summed E-state index contributed by atoms with van der Waals surface area (Å²) in [5.74, 6) is 0.619. The van der Waals surface area contributed by atoms with Crippen LogP contribution in [0.5, 0.6) is 5.75 Å². The highest BCUT2D eigenvalue weighted by Gasteiger charge is 2.41. The van der Waals surface area contributed by atoms with Crippen LogP contribution in [0.25, 0.3) is 11.3 Å². The molecule has 1 aliphatic heterocycles. The number of nitrogens with one attached hydrogen (secondary N) is 1. The van der Waals surface area contributed by atoms with Crippen molar-refractivity contribution in [1.82, 2.24) is 15.1 Å². The summed E-state index contributed by atoms with van der Waals surface area (Å²) in [5.41, 5.74) is 3.64. The van der Waals surface area contributed by atoms with Gasteiger partial charge in [0.2, 0.25) is 0 Å². The highest BCUT2D eigenvalue weighted by atomic mass is 16.6. The minimum atomic E-state index is -0.431. The topological polar surface area (TPSA) is 101 Å². The van der Waals surface area contributed by atoms with Crippen LogP contribution in [-0.4, -0.2) is 39.6 Å². The molecule has 1 atom stereocenters. The van der Waals surface area contributed by atoms with Crippen LogP contribution in [0.4, 0.5) is 5.69 Å². The number of amides is 1. The smallest absolute Gasteiger partial charge is 0.273 e. The van der Waals surface area contributed by atoms with Crippen LogP contribution in [0.1, 0.15) is 41.0 Å². The SMILES string of the molecule is CCCN1C(=O)c2[nH]nc(-c3ccc(OC)cc3)c2C1c1ccc([N+](=O)[O-])cc1. The number of nitrogens with zero attached hydrogens (tertiary/aromatic N) is 3. The van der Waals surface area contributed by atoms with Crippen LogP contribution in [-0.2, 0) is 0 Å². The lowest BCUT2D eigenvalue weighted by atomic mass is 9.96. The van der Waals surface area contributed by atoms with E-state index in [4.69, 9.17) is 4.74 Å². The molecular formula is C21H20N4O4. The molecule has 2 aromatic carbocycles. The molecule has 1 aromatic heterocycles. The fraction of sp³-hybridized carbons (Fsp3) is 0.238. The van der Waals surface area contributed by atoms with Gasteiger partial charge in [0.1, 0.15) is 11.4 Å². The highest BCUT2D eigenvalue weighted by molar-refractivity contribution is 6.00. The fourth-order valence-electron chi connectivity index (χ4n) is 3.76. The van der Waals surface area contributed by atoms with Gasteiger partial charge in [-0.3, -0.25) is 20.0 Å². The van der Waals surface area contributed by atoms with E-state index in [1.807, 2.05) is 31.2 Å². The van der Waals surface area contributed by atoms with Gasteiger partial charge in [0.15, 0.2) is 0 Å². The third-order valence-corrected chi connectivity index (χ3v) is 5.11. The summed E-state index contributed by atoms with van der Waals surface area (Å²) in [6.45, 7) is 2.58. The van der Waals surface area contributed by atoms with Gasteiger partial charge in [-0.2, -0.15) is 5.10 Å². The number of benzene rings is 2. The largest absolute Gasteiger partial charge is 0.497 e. The Morgan fingerprint density at radius 1 is 1.17 bits per heavy atom. The number of ether oxygens (including phenoxy) is 1. The number of nitro groups is 1. The van der Waals surface area contributed by atoms with E-state index in [0.29, 0.717) is 17.9 Å². The number of fused-ring (bicyclic) bond motifs is 1. The van der Waals surface area contributed by atoms with Crippen LogP contribution in [0, 0.1) is 10.1 Å². The predicted molar refractivity (Wildman–Crippen MR) is 107 cm³/mol. The number of H-pyrrole nitrogens is 1. The number of aromatic nitrogens is 2. The first kappa shape index (κ1) is 18.7. The average molecular weight is 392 g/mol. The summed E-state index contributed by atoms with van der Waals surface area (Å²) in [7, 11) is 1.60. The Hall–Kier alpha value is -3.68. The van der Waals surface area contributed by atoms with E-state index < -0.39 is 4.92 Å². The lowest BCUT2D eigenvalue weighted by Crippen LogP contribution is -2.30. The predicted octanol–water partition coefficient (Wildman–Crippen LogP) is 3.95. The average Bonchev–Trinajstić information content (AvgIpc) is 3.28. The van der Waals surface area contributed by atoms with Gasteiger partial charge in [-0.05, 0) is 48.4 Å². The van der Waals surface area contributed by atoms with E-state index in [2.05, 4.69) is 10.2 Å². The molecular weight excluding hydrogens is 372 g/mol. The molecule has 148 valence electrons. The molecule has 0 radical (unpaired) electrons. The van der Waals surface area contributed by atoms with Crippen molar-refractivity contribution in [1.29, 1.82) is 0 Å². The molecule has 1 amide bonds. The van der Waals surface area contributed by atoms with Crippen molar-refractivity contribution in [3.05, 3.63) is 75.5 Å². The van der Waals surface area contributed by atoms with Crippen LogP contribution >= 0.6 is 0 Å². The van der Waals surface area contributed by atoms with E-state index in [0.717, 1.165) is 28.9 Å². The first-order valence-electron chi connectivity index (χ1n) is 9.33. The van der Waals surface area contributed by atoms with E-state index in [1.165, 1.54) is 12.1 Å². The minimum Gasteiger partial charge on any atom is -0.497 e. The van der Waals surface area contributed by atoms with Crippen LogP contribution in [0.2, 0.25) is 0 Å². The summed E-state index contributed by atoms with van der Waals surface area (Å²) in [6.07, 6.45) is 0.796. The number of methoxy groups -OCH3 is 1. The Labute approximate surface area is 167 Å². The van der Waals surface area contributed by atoms with Gasteiger partial charge in [0, 0.05) is 29.8 Å². The zero-order valence-electron chi connectivity index (χ0n) is 16.1. The van der Waals surface area contributed by atoms with Gasteiger partial charge in [0.25, 0.3) is 11.6 Å². The van der Waals surface area contributed by atoms with E-state index >= 15 is 0 Å². The maximum absolute atomic E-state index is 13.0. The van der Waals surface area contributed by atoms with Gasteiger partial charge in [-0.15, -0.1) is 0 Å². The van der Waals surface area contributed by atoms with Gasteiger partial charge in [0.05, 0.1) is 23.8 Å². The normalized spacial score (nSPS) is 15.4. The summed E-state index contributed by atoms with van der Waals surface area (Å²) >= 11 is 0. The van der Waals surface area contributed by atoms with Crippen LogP contribution < -0.4 is 4.74 Å². The van der Waals surface area contributed by atoms with Gasteiger partial charge >= 0.3 is 0 Å². The van der Waals surface area contributed by atoms with Gasteiger partial charge in [-0.25, -0.2) is 0 Å². The van der Waals surface area contributed by atoms with Gasteiger partial charge in [-0.1, -0.05) is 6.92 Å². The highest BCUT2D eigenvalue weighted by Crippen LogP contribution is 2.43. The molecule has 29 heavy (non-hydrogen) atoms. The van der Waals surface area contributed by atoms with E-state index in [1.54, 1.807) is 24.1 Å². The molecule has 0 fully saturated rings. The molecule has 1 unspecified atom stereocenters. The lowest BCUT2D eigenvalue weighted by Gasteiger charge is -2.25. The molecule has 8 nitrogen and oxygen atoms in total. The van der Waals surface area contributed by atoms with E-state index in [-0.39, 0.29) is 17.6 Å². The minimum absolute atomic E-state index is 0.0166. The van der Waals surface area contributed by atoms with Crippen molar-refractivity contribution < 1.29 is 14.5 Å².